The number of hydrogen-bond acceptors (Lipinski definition) is 4. The summed E-state index contributed by atoms with van der Waals surface area (Å²) in [6, 6.07) is 0.403. The van der Waals surface area contributed by atoms with Crippen LogP contribution in [0.1, 0.15) is 26.7 Å². The number of anilines is 1. The Balaban J connectivity index is 1.78. The lowest BCUT2D eigenvalue weighted by molar-refractivity contribution is 0.0983. The standard InChI is InChI=1S/C13H22N4O2/c1-3-17-10-12(9-14-17)15-11-5-7-16(8-6-11)13(18)19-4-2/h9-11,15H,3-8H2,1-2H3. The second kappa shape index (κ2) is 6.45. The summed E-state index contributed by atoms with van der Waals surface area (Å²) >= 11 is 0. The number of hydrogen-bond donors (Lipinski definition) is 1. The minimum atomic E-state index is -0.195. The van der Waals surface area contributed by atoms with Crippen molar-refractivity contribution in [1.29, 1.82) is 0 Å². The topological polar surface area (TPSA) is 59.4 Å². The summed E-state index contributed by atoms with van der Waals surface area (Å²) in [5, 5.41) is 7.70. The molecule has 0 spiro atoms. The van der Waals surface area contributed by atoms with Gasteiger partial charge in [0, 0.05) is 31.9 Å². The maximum Gasteiger partial charge on any atom is 0.409 e. The molecule has 1 N–H and O–H groups in total. The molecule has 6 heteroatoms. The van der Waals surface area contributed by atoms with Crippen molar-refractivity contribution in [2.75, 3.05) is 25.0 Å². The summed E-state index contributed by atoms with van der Waals surface area (Å²) in [6.07, 6.45) is 5.55. The van der Waals surface area contributed by atoms with Gasteiger partial charge in [-0.1, -0.05) is 0 Å². The van der Waals surface area contributed by atoms with Gasteiger partial charge < -0.3 is 15.0 Å². The quantitative estimate of drug-likeness (QED) is 0.904. The molecule has 0 aromatic carbocycles. The van der Waals surface area contributed by atoms with Gasteiger partial charge in [-0.2, -0.15) is 5.10 Å². The van der Waals surface area contributed by atoms with E-state index >= 15 is 0 Å². The van der Waals surface area contributed by atoms with E-state index < -0.39 is 0 Å². The molecule has 6 nitrogen and oxygen atoms in total. The van der Waals surface area contributed by atoms with Gasteiger partial charge in [0.1, 0.15) is 0 Å². The van der Waals surface area contributed by atoms with Crippen molar-refractivity contribution in [1.82, 2.24) is 14.7 Å². The summed E-state index contributed by atoms with van der Waals surface area (Å²) in [6.45, 7) is 6.71. The van der Waals surface area contributed by atoms with E-state index in [1.54, 1.807) is 4.90 Å². The van der Waals surface area contributed by atoms with E-state index in [2.05, 4.69) is 17.3 Å². The number of piperidine rings is 1. The van der Waals surface area contributed by atoms with E-state index in [4.69, 9.17) is 4.74 Å². The van der Waals surface area contributed by atoms with Crippen LogP contribution in [0.5, 0.6) is 0 Å². The van der Waals surface area contributed by atoms with Gasteiger partial charge in [0.2, 0.25) is 0 Å². The molecule has 1 aromatic heterocycles. The molecule has 2 rings (SSSR count). The van der Waals surface area contributed by atoms with Crippen LogP contribution in [-0.4, -0.2) is 46.5 Å². The highest BCUT2D eigenvalue weighted by Crippen LogP contribution is 2.16. The first-order chi connectivity index (χ1) is 9.22. The van der Waals surface area contributed by atoms with Crippen molar-refractivity contribution in [2.45, 2.75) is 39.3 Å². The monoisotopic (exact) mass is 266 g/mol. The zero-order valence-corrected chi connectivity index (χ0v) is 11.6. The summed E-state index contributed by atoms with van der Waals surface area (Å²) in [4.78, 5) is 13.4. The highest BCUT2D eigenvalue weighted by molar-refractivity contribution is 5.67. The van der Waals surface area contributed by atoms with Gasteiger partial charge in [-0.05, 0) is 26.7 Å². The second-order valence-electron chi connectivity index (χ2n) is 4.69. The van der Waals surface area contributed by atoms with E-state index in [1.807, 2.05) is 24.0 Å². The molecule has 1 aliphatic rings. The average Bonchev–Trinajstić information content (AvgIpc) is 2.87. The third-order valence-electron chi connectivity index (χ3n) is 3.35. The molecule has 1 fully saturated rings. The van der Waals surface area contributed by atoms with Crippen molar-refractivity contribution in [3.63, 3.8) is 0 Å². The Kier molecular flexibility index (Phi) is 4.65. The van der Waals surface area contributed by atoms with Crippen LogP contribution in [0.15, 0.2) is 12.4 Å². The first-order valence-corrected chi connectivity index (χ1v) is 6.93. The number of nitrogens with zero attached hydrogens (tertiary/aromatic N) is 3. The summed E-state index contributed by atoms with van der Waals surface area (Å²) in [5.41, 5.74) is 1.05. The number of carbonyl (C=O) groups excluding carboxylic acids is 1. The van der Waals surface area contributed by atoms with Crippen LogP contribution >= 0.6 is 0 Å². The zero-order valence-electron chi connectivity index (χ0n) is 11.6. The van der Waals surface area contributed by atoms with Crippen LogP contribution < -0.4 is 5.32 Å². The van der Waals surface area contributed by atoms with Crippen molar-refractivity contribution < 1.29 is 9.53 Å². The predicted molar refractivity (Wildman–Crippen MR) is 73.1 cm³/mol. The average molecular weight is 266 g/mol. The number of likely N-dealkylation sites (tertiary alicyclic amines) is 1. The fourth-order valence-corrected chi connectivity index (χ4v) is 2.27. The molecular weight excluding hydrogens is 244 g/mol. The van der Waals surface area contributed by atoms with Gasteiger partial charge in [0.25, 0.3) is 0 Å². The summed E-state index contributed by atoms with van der Waals surface area (Å²) in [7, 11) is 0. The highest BCUT2D eigenvalue weighted by Gasteiger charge is 2.23. The fraction of sp³-hybridized carbons (Fsp3) is 0.692. The highest BCUT2D eigenvalue weighted by atomic mass is 16.6. The number of nitrogens with one attached hydrogen (secondary N) is 1. The molecule has 1 aliphatic heterocycles. The lowest BCUT2D eigenvalue weighted by Crippen LogP contribution is -2.42. The molecule has 0 radical (unpaired) electrons. The Morgan fingerprint density at radius 1 is 1.47 bits per heavy atom. The molecular formula is C13H22N4O2. The molecule has 0 atom stereocenters. The van der Waals surface area contributed by atoms with Gasteiger partial charge in [-0.3, -0.25) is 4.68 Å². The number of aryl methyl sites for hydroxylation is 1. The Morgan fingerprint density at radius 2 is 2.21 bits per heavy atom. The molecule has 1 saturated heterocycles. The first kappa shape index (κ1) is 13.7. The molecule has 1 aromatic rings. The number of rotatable bonds is 4. The van der Waals surface area contributed by atoms with Crippen LogP contribution in [0.4, 0.5) is 10.5 Å². The minimum absolute atomic E-state index is 0.195. The number of ether oxygens (including phenoxy) is 1. The van der Waals surface area contributed by atoms with E-state index in [9.17, 15) is 4.79 Å². The second-order valence-corrected chi connectivity index (χ2v) is 4.69. The Morgan fingerprint density at radius 3 is 2.79 bits per heavy atom. The summed E-state index contributed by atoms with van der Waals surface area (Å²) < 4.78 is 6.90. The molecule has 106 valence electrons. The predicted octanol–water partition coefficient (Wildman–Crippen LogP) is 1.94. The van der Waals surface area contributed by atoms with Crippen LogP contribution in [0.25, 0.3) is 0 Å². The fourth-order valence-electron chi connectivity index (χ4n) is 2.27. The Labute approximate surface area is 113 Å². The molecule has 0 saturated carbocycles. The lowest BCUT2D eigenvalue weighted by Gasteiger charge is -2.31. The maximum absolute atomic E-state index is 11.6. The third-order valence-corrected chi connectivity index (χ3v) is 3.35. The molecule has 0 aliphatic carbocycles. The zero-order chi connectivity index (χ0) is 13.7. The third kappa shape index (κ3) is 3.62. The molecule has 2 heterocycles. The van der Waals surface area contributed by atoms with Crippen molar-refractivity contribution >= 4 is 11.8 Å². The number of amides is 1. The SMILES string of the molecule is CCOC(=O)N1CCC(Nc2cnn(CC)c2)CC1. The van der Waals surface area contributed by atoms with Crippen LogP contribution in [0, 0.1) is 0 Å². The first-order valence-electron chi connectivity index (χ1n) is 6.93. The van der Waals surface area contributed by atoms with Crippen LogP contribution in [0.2, 0.25) is 0 Å². The molecule has 19 heavy (non-hydrogen) atoms. The maximum atomic E-state index is 11.6. The normalized spacial score (nSPS) is 16.4. The molecule has 1 amide bonds. The molecule has 0 bridgehead atoms. The van der Waals surface area contributed by atoms with E-state index in [1.165, 1.54) is 0 Å². The van der Waals surface area contributed by atoms with Gasteiger partial charge in [0.05, 0.1) is 18.5 Å². The lowest BCUT2D eigenvalue weighted by atomic mass is 10.1. The minimum Gasteiger partial charge on any atom is -0.450 e. The van der Waals surface area contributed by atoms with Crippen LogP contribution in [-0.2, 0) is 11.3 Å². The van der Waals surface area contributed by atoms with Crippen molar-refractivity contribution in [3.8, 4) is 0 Å². The van der Waals surface area contributed by atoms with E-state index in [-0.39, 0.29) is 6.09 Å². The van der Waals surface area contributed by atoms with Crippen LogP contribution in [0.3, 0.4) is 0 Å². The largest absolute Gasteiger partial charge is 0.450 e. The van der Waals surface area contributed by atoms with Gasteiger partial charge in [0.15, 0.2) is 0 Å². The smallest absolute Gasteiger partial charge is 0.409 e. The number of aromatic nitrogens is 2. The van der Waals surface area contributed by atoms with E-state index in [0.717, 1.165) is 38.2 Å². The Bertz CT molecular complexity index is 411. The van der Waals surface area contributed by atoms with E-state index in [0.29, 0.717) is 12.6 Å². The van der Waals surface area contributed by atoms with Gasteiger partial charge >= 0.3 is 6.09 Å². The van der Waals surface area contributed by atoms with Crippen molar-refractivity contribution in [3.05, 3.63) is 12.4 Å². The van der Waals surface area contributed by atoms with Crippen molar-refractivity contribution in [2.24, 2.45) is 0 Å². The Hall–Kier alpha value is -1.72. The number of carbonyl (C=O) groups is 1. The van der Waals surface area contributed by atoms with Gasteiger partial charge in [-0.25, -0.2) is 4.79 Å². The van der Waals surface area contributed by atoms with Gasteiger partial charge in [-0.15, -0.1) is 0 Å². The molecule has 0 unspecified atom stereocenters. The summed E-state index contributed by atoms with van der Waals surface area (Å²) in [5.74, 6) is 0.